The van der Waals surface area contributed by atoms with Gasteiger partial charge in [0.25, 0.3) is 0 Å². The fourth-order valence-electron chi connectivity index (χ4n) is 2.60. The van der Waals surface area contributed by atoms with E-state index in [9.17, 15) is 0 Å². The number of aromatic nitrogens is 1. The lowest BCUT2D eigenvalue weighted by Gasteiger charge is -2.26. The van der Waals surface area contributed by atoms with E-state index in [0.717, 1.165) is 21.6 Å². The van der Waals surface area contributed by atoms with E-state index in [2.05, 4.69) is 29.7 Å². The third-order valence-corrected chi connectivity index (χ3v) is 6.44. The first kappa shape index (κ1) is 16.5. The lowest BCUT2D eigenvalue weighted by molar-refractivity contribution is 0.555. The Morgan fingerprint density at radius 1 is 0.913 bits per heavy atom. The Labute approximate surface area is 148 Å². The van der Waals surface area contributed by atoms with E-state index in [4.69, 9.17) is 24.4 Å². The van der Waals surface area contributed by atoms with Crippen molar-refractivity contribution in [3.63, 3.8) is 0 Å². The molecule has 23 heavy (non-hydrogen) atoms. The summed E-state index contributed by atoms with van der Waals surface area (Å²) >= 11 is 11.1. The van der Waals surface area contributed by atoms with Gasteiger partial charge in [0.15, 0.2) is 0 Å². The highest BCUT2D eigenvalue weighted by Crippen LogP contribution is 2.47. The van der Waals surface area contributed by atoms with Crippen LogP contribution in [-0.4, -0.2) is 39.1 Å². The Morgan fingerprint density at radius 2 is 1.26 bits per heavy atom. The van der Waals surface area contributed by atoms with E-state index in [1.54, 1.807) is 0 Å². The number of thiocarbonyl (C=S) groups is 2. The van der Waals surface area contributed by atoms with Gasteiger partial charge in [0.05, 0.1) is 0 Å². The molecule has 3 N–H and O–H groups in total. The number of rotatable bonds is 6. The van der Waals surface area contributed by atoms with E-state index in [-0.39, 0.29) is 10.8 Å². The highest BCUT2D eigenvalue weighted by atomic mass is 32.1. The Balaban J connectivity index is 1.55. The number of anilines is 2. The number of aromatic amines is 1. The number of hydrogen-bond acceptors (Lipinski definition) is 4. The first-order chi connectivity index (χ1) is 10.7. The zero-order valence-corrected chi connectivity index (χ0v) is 15.8. The van der Waals surface area contributed by atoms with Crippen LogP contribution in [-0.2, 0) is 0 Å². The predicted octanol–water partition coefficient (Wildman–Crippen LogP) is 3.79. The second-order valence-electron chi connectivity index (χ2n) is 7.36. The van der Waals surface area contributed by atoms with E-state index in [0.29, 0.717) is 0 Å². The molecule has 1 heterocycles. The summed E-state index contributed by atoms with van der Waals surface area (Å²) in [7, 11) is 3.93. The molecule has 0 aliphatic heterocycles. The zero-order valence-electron chi connectivity index (χ0n) is 14.2. The van der Waals surface area contributed by atoms with Crippen molar-refractivity contribution in [2.24, 2.45) is 10.8 Å². The molecule has 2 fully saturated rings. The Hall–Kier alpha value is -1.34. The molecule has 5 nitrogen and oxygen atoms in total. The molecule has 126 valence electrons. The molecule has 1 aromatic rings. The van der Waals surface area contributed by atoms with E-state index < -0.39 is 0 Å². The second kappa shape index (κ2) is 5.63. The van der Waals surface area contributed by atoms with Crippen molar-refractivity contribution >= 4 is 46.0 Å². The van der Waals surface area contributed by atoms with E-state index >= 15 is 0 Å². The molecule has 2 aliphatic rings. The van der Waals surface area contributed by atoms with Crippen molar-refractivity contribution in [1.29, 1.82) is 0 Å². The minimum absolute atomic E-state index is 0.191. The molecular formula is C16H25N5S2. The maximum Gasteiger partial charge on any atom is 0.123 e. The molecule has 0 radical (unpaired) electrons. The topological polar surface area (TPSA) is 46.3 Å². The molecule has 0 amide bonds. The summed E-state index contributed by atoms with van der Waals surface area (Å²) in [6.07, 6.45) is 4.71. The Bertz CT molecular complexity index is 578. The van der Waals surface area contributed by atoms with Crippen molar-refractivity contribution in [3.05, 3.63) is 12.1 Å². The van der Waals surface area contributed by atoms with Crippen LogP contribution in [0, 0.1) is 10.8 Å². The minimum Gasteiger partial charge on any atom is -0.326 e. The molecule has 0 spiro atoms. The molecule has 3 rings (SSSR count). The standard InChI is InChI=1S/C16H25N5S2/c1-15(7-8-15)13(22)20(3)18-11-5-6-12(17-11)19-21(4)14(23)16(2)9-10-16/h5-6,17-19H,7-10H2,1-4H3. The van der Waals surface area contributed by atoms with Gasteiger partial charge in [0.2, 0.25) is 0 Å². The quantitative estimate of drug-likeness (QED) is 0.535. The van der Waals surface area contributed by atoms with Gasteiger partial charge in [-0.2, -0.15) is 0 Å². The molecule has 2 aliphatic carbocycles. The molecule has 0 aromatic carbocycles. The van der Waals surface area contributed by atoms with Gasteiger partial charge >= 0.3 is 0 Å². The average molecular weight is 352 g/mol. The van der Waals surface area contributed by atoms with Gasteiger partial charge in [-0.1, -0.05) is 38.3 Å². The highest BCUT2D eigenvalue weighted by molar-refractivity contribution is 7.80. The summed E-state index contributed by atoms with van der Waals surface area (Å²) in [6, 6.07) is 3.98. The van der Waals surface area contributed by atoms with Gasteiger partial charge in [0, 0.05) is 24.9 Å². The van der Waals surface area contributed by atoms with Crippen LogP contribution in [0.15, 0.2) is 12.1 Å². The lowest BCUT2D eigenvalue weighted by atomic mass is 10.1. The minimum atomic E-state index is 0.191. The fourth-order valence-corrected chi connectivity index (χ4v) is 3.10. The van der Waals surface area contributed by atoms with Crippen molar-refractivity contribution in [2.75, 3.05) is 24.9 Å². The summed E-state index contributed by atoms with van der Waals surface area (Å²) in [5.41, 5.74) is 6.98. The summed E-state index contributed by atoms with van der Waals surface area (Å²) in [6.45, 7) is 4.42. The average Bonchev–Trinajstić information content (AvgIpc) is 3.40. The molecule has 7 heteroatoms. The first-order valence-corrected chi connectivity index (χ1v) is 8.84. The monoisotopic (exact) mass is 351 g/mol. The van der Waals surface area contributed by atoms with Crippen LogP contribution in [0.3, 0.4) is 0 Å². The lowest BCUT2D eigenvalue weighted by Crippen LogP contribution is -2.36. The van der Waals surface area contributed by atoms with Crippen LogP contribution >= 0.6 is 24.4 Å². The Kier molecular flexibility index (Phi) is 4.04. The van der Waals surface area contributed by atoms with Gasteiger partial charge in [-0.15, -0.1) is 0 Å². The summed E-state index contributed by atoms with van der Waals surface area (Å²) in [5.74, 6) is 1.80. The van der Waals surface area contributed by atoms with Crippen LogP contribution in [0.4, 0.5) is 11.6 Å². The number of hydrazine groups is 2. The largest absolute Gasteiger partial charge is 0.326 e. The number of nitrogens with one attached hydrogen (secondary N) is 3. The molecular weight excluding hydrogens is 326 g/mol. The van der Waals surface area contributed by atoms with Crippen molar-refractivity contribution < 1.29 is 0 Å². The van der Waals surface area contributed by atoms with Gasteiger partial charge < -0.3 is 4.98 Å². The molecule has 0 unspecified atom stereocenters. The van der Waals surface area contributed by atoms with Crippen LogP contribution in [0.1, 0.15) is 39.5 Å². The van der Waals surface area contributed by atoms with Crippen LogP contribution in [0.25, 0.3) is 0 Å². The van der Waals surface area contributed by atoms with Crippen molar-refractivity contribution in [3.8, 4) is 0 Å². The van der Waals surface area contributed by atoms with Gasteiger partial charge in [-0.05, 0) is 37.8 Å². The van der Waals surface area contributed by atoms with Gasteiger partial charge in [-0.25, -0.2) is 0 Å². The molecule has 0 saturated heterocycles. The SMILES string of the molecule is CN(Nc1ccc(NN(C)C(=S)C2(C)CC2)[nH]1)C(=S)C1(C)CC1. The number of H-pyrrole nitrogens is 1. The number of hydrogen-bond donors (Lipinski definition) is 3. The maximum absolute atomic E-state index is 5.54. The van der Waals surface area contributed by atoms with Crippen molar-refractivity contribution in [2.45, 2.75) is 39.5 Å². The van der Waals surface area contributed by atoms with Crippen molar-refractivity contribution in [1.82, 2.24) is 15.0 Å². The third kappa shape index (κ3) is 3.45. The van der Waals surface area contributed by atoms with E-state index in [1.165, 1.54) is 25.7 Å². The summed E-state index contributed by atoms with van der Waals surface area (Å²) in [5, 5.41) is 3.86. The number of nitrogens with zero attached hydrogens (tertiary/aromatic N) is 2. The highest BCUT2D eigenvalue weighted by Gasteiger charge is 2.44. The Morgan fingerprint density at radius 3 is 1.57 bits per heavy atom. The zero-order chi connectivity index (χ0) is 16.8. The van der Waals surface area contributed by atoms with Crippen LogP contribution < -0.4 is 10.9 Å². The molecule has 0 atom stereocenters. The maximum atomic E-state index is 5.54. The van der Waals surface area contributed by atoms with Gasteiger partial charge in [-0.3, -0.25) is 20.9 Å². The van der Waals surface area contributed by atoms with Gasteiger partial charge in [0.1, 0.15) is 21.6 Å². The summed E-state index contributed by atoms with van der Waals surface area (Å²) < 4.78 is 0. The first-order valence-electron chi connectivity index (χ1n) is 8.02. The van der Waals surface area contributed by atoms with E-state index in [1.807, 2.05) is 36.2 Å². The molecule has 1 aromatic heterocycles. The smallest absolute Gasteiger partial charge is 0.123 e. The normalized spacial score (nSPS) is 19.7. The van der Waals surface area contributed by atoms with Crippen LogP contribution in [0.2, 0.25) is 0 Å². The molecule has 2 saturated carbocycles. The molecule has 0 bridgehead atoms. The third-order valence-electron chi connectivity index (χ3n) is 4.90. The predicted molar refractivity (Wildman–Crippen MR) is 103 cm³/mol. The second-order valence-corrected chi connectivity index (χ2v) is 8.13. The fraction of sp³-hybridized carbons (Fsp3) is 0.625. The summed E-state index contributed by atoms with van der Waals surface area (Å²) in [4.78, 5) is 5.22. The van der Waals surface area contributed by atoms with Crippen LogP contribution in [0.5, 0.6) is 0 Å².